The van der Waals surface area contributed by atoms with Crippen LogP contribution in [0.3, 0.4) is 0 Å². The standard InChI is InChI=1S/C25H30B4FN3O14/c26-19(17(35)31-18(36)20(37,38)21(19,39)40)32-8-13-12(16(32)34)2-1-3-15(13)46-9-11-5-4-10(6-14(11)30)7-33-22(27,28)24(42,43)47-25(44,45)23(33,29)41/h1-6,37-45H,7-9,26-29H2,(H,31,35,36). The number of nitrogens with zero attached hydrogens (tertiary/aromatic N) is 2. The first-order chi connectivity index (χ1) is 21.3. The van der Waals surface area contributed by atoms with Gasteiger partial charge in [-0.3, -0.25) is 29.3 Å². The van der Waals surface area contributed by atoms with E-state index in [-0.39, 0.29) is 28.0 Å². The molecule has 2 unspecified atom stereocenters. The van der Waals surface area contributed by atoms with Crippen molar-refractivity contribution >= 4 is 49.1 Å². The quantitative estimate of drug-likeness (QED) is 0.0784. The van der Waals surface area contributed by atoms with Crippen LogP contribution in [0, 0.1) is 5.82 Å². The van der Waals surface area contributed by atoms with E-state index in [9.17, 15) is 60.3 Å². The van der Waals surface area contributed by atoms with Crippen LogP contribution >= 0.6 is 0 Å². The molecule has 22 heteroatoms. The molecule has 0 aliphatic carbocycles. The van der Waals surface area contributed by atoms with Gasteiger partial charge in [0.2, 0.25) is 5.91 Å². The Labute approximate surface area is 268 Å². The molecule has 0 spiro atoms. The highest BCUT2D eigenvalue weighted by molar-refractivity contribution is 6.41. The Morgan fingerprint density at radius 1 is 0.894 bits per heavy atom. The zero-order chi connectivity index (χ0) is 35.3. The molecular weight excluding hydrogens is 629 g/mol. The fourth-order valence-electron chi connectivity index (χ4n) is 5.89. The Morgan fingerprint density at radius 3 is 2.15 bits per heavy atom. The van der Waals surface area contributed by atoms with E-state index in [1.165, 1.54) is 46.0 Å². The van der Waals surface area contributed by atoms with Gasteiger partial charge < -0.3 is 55.6 Å². The molecular formula is C25H30B4FN3O14. The average Bonchev–Trinajstić information content (AvgIpc) is 3.29. The third-order valence-electron chi connectivity index (χ3n) is 9.36. The van der Waals surface area contributed by atoms with Gasteiger partial charge in [0.05, 0.1) is 6.54 Å². The summed E-state index contributed by atoms with van der Waals surface area (Å²) < 4.78 is 25.6. The molecule has 0 aromatic heterocycles. The molecule has 2 saturated heterocycles. The summed E-state index contributed by atoms with van der Waals surface area (Å²) in [5.41, 5.74) is -5.17. The topological polar surface area (TPSA) is 270 Å². The normalized spacial score (nSPS) is 28.9. The zero-order valence-electron chi connectivity index (χ0n) is 25.4. The Hall–Kier alpha value is -3.40. The zero-order valence-corrected chi connectivity index (χ0v) is 25.4. The number of fused-ring (bicyclic) bond motifs is 1. The van der Waals surface area contributed by atoms with Crippen molar-refractivity contribution in [3.8, 4) is 5.75 Å². The van der Waals surface area contributed by atoms with E-state index in [4.69, 9.17) is 4.74 Å². The van der Waals surface area contributed by atoms with Gasteiger partial charge in [-0.2, -0.15) is 0 Å². The molecule has 248 valence electrons. The Kier molecular flexibility index (Phi) is 7.84. The van der Waals surface area contributed by atoms with E-state index in [0.717, 1.165) is 26.7 Å². The largest absolute Gasteiger partial charge is 0.488 e. The van der Waals surface area contributed by atoms with Crippen LogP contribution in [0.4, 0.5) is 4.39 Å². The number of rotatable bonds is 6. The molecule has 3 aliphatic heterocycles. The van der Waals surface area contributed by atoms with E-state index >= 15 is 4.39 Å². The highest BCUT2D eigenvalue weighted by atomic mass is 19.1. The monoisotopic (exact) mass is 659 g/mol. The Balaban J connectivity index is 1.37. The average molecular weight is 659 g/mol. The van der Waals surface area contributed by atoms with Crippen LogP contribution in [0.1, 0.15) is 27.0 Å². The van der Waals surface area contributed by atoms with Gasteiger partial charge in [0.15, 0.2) is 21.3 Å². The van der Waals surface area contributed by atoms with E-state index in [0.29, 0.717) is 4.90 Å². The van der Waals surface area contributed by atoms with Crippen molar-refractivity contribution < 1.29 is 74.2 Å². The van der Waals surface area contributed by atoms with Crippen molar-refractivity contribution in [3.05, 3.63) is 64.5 Å². The molecule has 5 rings (SSSR count). The number of carbonyl (C=O) groups excluding carboxylic acids is 3. The Bertz CT molecular complexity index is 1660. The van der Waals surface area contributed by atoms with Gasteiger partial charge in [-0.15, -0.1) is 0 Å². The van der Waals surface area contributed by atoms with Crippen LogP contribution < -0.4 is 10.1 Å². The van der Waals surface area contributed by atoms with Gasteiger partial charge in [0.25, 0.3) is 23.6 Å². The molecule has 3 aliphatic rings. The molecule has 10 N–H and O–H groups in total. The van der Waals surface area contributed by atoms with Crippen molar-refractivity contribution in [2.45, 2.75) is 59.6 Å². The third-order valence-corrected chi connectivity index (χ3v) is 9.36. The van der Waals surface area contributed by atoms with Crippen molar-refractivity contribution in [2.75, 3.05) is 0 Å². The molecule has 2 atom stereocenters. The van der Waals surface area contributed by atoms with Crippen LogP contribution in [-0.4, -0.2) is 145 Å². The second kappa shape index (κ2) is 10.5. The van der Waals surface area contributed by atoms with E-state index in [1.807, 2.05) is 0 Å². The lowest BCUT2D eigenvalue weighted by atomic mass is 9.55. The SMILES string of the molecule is BC1(B)N(Cc2ccc(COc3cccc4c3CN(C3(B)C(=O)NC(=O)C(O)(O)C3(O)O)C4=O)c(F)c2)C(B)(O)C(O)(O)OC1(O)O. The number of piperidine rings is 1. The number of ether oxygens (including phenoxy) is 2. The molecule has 0 bridgehead atoms. The fraction of sp³-hybridized carbons (Fsp3) is 0.400. The number of imide groups is 1. The highest BCUT2D eigenvalue weighted by Crippen LogP contribution is 2.43. The van der Waals surface area contributed by atoms with Gasteiger partial charge >= 0.3 is 11.8 Å². The van der Waals surface area contributed by atoms with Gasteiger partial charge in [-0.05, 0) is 23.8 Å². The summed E-state index contributed by atoms with van der Waals surface area (Å²) in [6.07, 6.45) is 0. The van der Waals surface area contributed by atoms with Gasteiger partial charge in [-0.1, -0.05) is 18.2 Å². The number of benzene rings is 2. The molecule has 2 fully saturated rings. The fourth-order valence-corrected chi connectivity index (χ4v) is 5.89. The number of aliphatic hydroxyl groups is 9. The van der Waals surface area contributed by atoms with Crippen molar-refractivity contribution in [1.29, 1.82) is 0 Å². The molecule has 0 saturated carbocycles. The van der Waals surface area contributed by atoms with Crippen molar-refractivity contribution in [1.82, 2.24) is 15.1 Å². The van der Waals surface area contributed by atoms with E-state index in [1.54, 1.807) is 5.32 Å². The lowest BCUT2D eigenvalue weighted by Gasteiger charge is -2.60. The highest BCUT2D eigenvalue weighted by Gasteiger charge is 2.73. The van der Waals surface area contributed by atoms with E-state index < -0.39 is 83.2 Å². The third kappa shape index (κ3) is 4.83. The van der Waals surface area contributed by atoms with E-state index in [2.05, 4.69) is 4.74 Å². The minimum Gasteiger partial charge on any atom is -0.488 e. The summed E-state index contributed by atoms with van der Waals surface area (Å²) in [7, 11) is 4.27. The number of morpholine rings is 1. The van der Waals surface area contributed by atoms with Crippen LogP contribution in [0.25, 0.3) is 0 Å². The second-order valence-electron chi connectivity index (χ2n) is 12.6. The van der Waals surface area contributed by atoms with Gasteiger partial charge in [-0.25, -0.2) is 4.39 Å². The minimum atomic E-state index is -3.88. The second-order valence-corrected chi connectivity index (χ2v) is 12.6. The van der Waals surface area contributed by atoms with Crippen LogP contribution in [0.15, 0.2) is 36.4 Å². The van der Waals surface area contributed by atoms with Crippen LogP contribution in [0.2, 0.25) is 0 Å². The molecule has 17 nitrogen and oxygen atoms in total. The van der Waals surface area contributed by atoms with Crippen molar-refractivity contribution in [2.24, 2.45) is 0 Å². The molecule has 3 heterocycles. The molecule has 2 aromatic rings. The maximum atomic E-state index is 15.3. The van der Waals surface area contributed by atoms with Gasteiger partial charge in [0, 0.05) is 28.6 Å². The molecule has 3 amide bonds. The summed E-state index contributed by atoms with van der Waals surface area (Å²) in [6, 6.07) is 7.89. The Morgan fingerprint density at radius 2 is 1.53 bits per heavy atom. The first-order valence-electron chi connectivity index (χ1n) is 14.0. The first-order valence-corrected chi connectivity index (χ1v) is 14.0. The first kappa shape index (κ1) is 34.9. The summed E-state index contributed by atoms with van der Waals surface area (Å²) in [5, 5.41) is 93.1. The number of amides is 3. The predicted octanol–water partition coefficient (Wildman–Crippen LogP) is -8.98. The number of halogens is 1. The number of nitrogens with one attached hydrogen (secondary N) is 1. The summed E-state index contributed by atoms with van der Waals surface area (Å²) in [4.78, 5) is 39.6. The summed E-state index contributed by atoms with van der Waals surface area (Å²) >= 11 is 0. The molecule has 2 aromatic carbocycles. The number of hydrogen-bond acceptors (Lipinski definition) is 15. The predicted molar refractivity (Wildman–Crippen MR) is 160 cm³/mol. The maximum absolute atomic E-state index is 15.3. The minimum absolute atomic E-state index is 0.00920. The van der Waals surface area contributed by atoms with Crippen molar-refractivity contribution in [3.63, 3.8) is 0 Å². The van der Waals surface area contributed by atoms with Crippen LogP contribution in [-0.2, 0) is 34.0 Å². The number of hydrogen-bond donors (Lipinski definition) is 10. The molecule has 47 heavy (non-hydrogen) atoms. The molecule has 0 radical (unpaired) electrons. The lowest BCUT2D eigenvalue weighted by Crippen LogP contribution is -2.86. The van der Waals surface area contributed by atoms with Crippen LogP contribution in [0.5, 0.6) is 5.75 Å². The summed E-state index contributed by atoms with van der Waals surface area (Å²) in [6.45, 7) is -1.36. The smallest absolute Gasteiger partial charge is 0.317 e. The lowest BCUT2D eigenvalue weighted by molar-refractivity contribution is -0.549. The summed E-state index contributed by atoms with van der Waals surface area (Å²) in [5.74, 6) is -19.3. The number of carbonyl (C=O) groups is 3. The maximum Gasteiger partial charge on any atom is 0.317 e. The van der Waals surface area contributed by atoms with Gasteiger partial charge in [0.1, 0.15) is 39.3 Å².